The van der Waals surface area contributed by atoms with E-state index in [1.807, 2.05) is 36.4 Å². The summed E-state index contributed by atoms with van der Waals surface area (Å²) in [6, 6.07) is 60.8. The molecule has 0 spiro atoms. The van der Waals surface area contributed by atoms with Gasteiger partial charge in [0.15, 0.2) is 11.6 Å². The van der Waals surface area contributed by atoms with E-state index in [4.69, 9.17) is 15.0 Å². The second-order valence-corrected chi connectivity index (χ2v) is 14.0. The van der Waals surface area contributed by atoms with Crippen LogP contribution in [0.2, 0.25) is 0 Å². The summed E-state index contributed by atoms with van der Waals surface area (Å²) in [6.07, 6.45) is 0. The van der Waals surface area contributed by atoms with Crippen LogP contribution in [0, 0.1) is 0 Å². The first kappa shape index (κ1) is 28.6. The van der Waals surface area contributed by atoms with E-state index in [1.54, 1.807) is 0 Å². The summed E-state index contributed by atoms with van der Waals surface area (Å²) in [4.78, 5) is 17.9. The largest absolute Gasteiger partial charge is 0.375 e. The van der Waals surface area contributed by atoms with Crippen LogP contribution in [0.3, 0.4) is 0 Å². The molecule has 4 heterocycles. The van der Waals surface area contributed by atoms with Gasteiger partial charge in [0.1, 0.15) is 0 Å². The summed E-state index contributed by atoms with van der Waals surface area (Å²) in [5.74, 6) is 1.86. The van der Waals surface area contributed by atoms with Crippen molar-refractivity contribution >= 4 is 78.4 Å². The maximum Gasteiger partial charge on any atom is 0.333 e. The number of anilines is 3. The van der Waals surface area contributed by atoms with Gasteiger partial charge >= 0.3 is 6.85 Å². The lowest BCUT2D eigenvalue weighted by Gasteiger charge is -2.39. The molecule has 0 fully saturated rings. The Morgan fingerprint density at radius 3 is 1.77 bits per heavy atom. The maximum atomic E-state index is 5.30. The Bertz CT molecular complexity index is 3080. The number of rotatable bonds is 3. The van der Waals surface area contributed by atoms with Crippen LogP contribution in [0.25, 0.3) is 77.3 Å². The fourth-order valence-electron chi connectivity index (χ4n) is 8.88. The molecule has 0 N–H and O–H groups in total. The first-order valence-electron chi connectivity index (χ1n) is 18.1. The summed E-state index contributed by atoms with van der Waals surface area (Å²) in [6.45, 7) is -0.0651. The third-order valence-corrected chi connectivity index (χ3v) is 11.1. The van der Waals surface area contributed by atoms with Gasteiger partial charge in [0.2, 0.25) is 5.95 Å². The highest BCUT2D eigenvalue weighted by molar-refractivity contribution is 6.90. The zero-order valence-corrected chi connectivity index (χ0v) is 28.5. The second kappa shape index (κ2) is 10.7. The smallest absolute Gasteiger partial charge is 0.333 e. The van der Waals surface area contributed by atoms with Gasteiger partial charge in [0, 0.05) is 49.9 Å². The Labute approximate surface area is 305 Å². The zero-order valence-electron chi connectivity index (χ0n) is 28.5. The minimum Gasteiger partial charge on any atom is -0.375 e. The lowest BCUT2D eigenvalue weighted by Crippen LogP contribution is -2.56. The van der Waals surface area contributed by atoms with E-state index in [2.05, 4.69) is 143 Å². The van der Waals surface area contributed by atoms with Crippen LogP contribution >= 0.6 is 0 Å². The minimum absolute atomic E-state index is 0.0651. The molecule has 0 atom stereocenters. The number of hydrogen-bond donors (Lipinski definition) is 0. The molecule has 0 saturated carbocycles. The van der Waals surface area contributed by atoms with Crippen molar-refractivity contribution in [2.24, 2.45) is 0 Å². The van der Waals surface area contributed by atoms with Crippen molar-refractivity contribution in [1.29, 1.82) is 0 Å². The lowest BCUT2D eigenvalue weighted by molar-refractivity contribution is 1.02. The van der Waals surface area contributed by atoms with Gasteiger partial charge in [-0.2, -0.15) is 9.97 Å². The van der Waals surface area contributed by atoms with Gasteiger partial charge in [0.05, 0.1) is 0 Å². The molecule has 0 amide bonds. The van der Waals surface area contributed by atoms with Gasteiger partial charge in [-0.3, -0.25) is 4.90 Å². The normalized spacial score (nSPS) is 12.8. The highest BCUT2D eigenvalue weighted by atomic mass is 15.3. The van der Waals surface area contributed by atoms with E-state index in [9.17, 15) is 0 Å². The highest BCUT2D eigenvalue weighted by Crippen LogP contribution is 2.45. The topological polar surface area (TPSA) is 46.8 Å². The van der Waals surface area contributed by atoms with Gasteiger partial charge in [-0.15, -0.1) is 0 Å². The molecule has 0 aliphatic carbocycles. The predicted molar refractivity (Wildman–Crippen MR) is 219 cm³/mol. The van der Waals surface area contributed by atoms with Crippen LogP contribution < -0.4 is 15.8 Å². The second-order valence-electron chi connectivity index (χ2n) is 14.0. The Kier molecular flexibility index (Phi) is 5.80. The summed E-state index contributed by atoms with van der Waals surface area (Å²) in [5.41, 5.74) is 11.5. The quantitative estimate of drug-likeness (QED) is 0.138. The zero-order chi connectivity index (χ0) is 34.6. The van der Waals surface area contributed by atoms with Crippen LogP contribution in [0.15, 0.2) is 170 Å². The van der Waals surface area contributed by atoms with Crippen molar-refractivity contribution in [1.82, 2.24) is 19.4 Å². The molecule has 6 heteroatoms. The molecule has 2 aromatic heterocycles. The van der Waals surface area contributed by atoms with Crippen molar-refractivity contribution in [3.05, 3.63) is 170 Å². The van der Waals surface area contributed by atoms with Crippen LogP contribution in [0.1, 0.15) is 0 Å². The molecule has 2 aliphatic heterocycles. The molecule has 8 aromatic carbocycles. The molecule has 0 radical (unpaired) electrons. The molecule has 10 aromatic rings. The molecule has 244 valence electrons. The minimum atomic E-state index is -0.0651. The summed E-state index contributed by atoms with van der Waals surface area (Å²) < 4.78 is 2.59. The van der Waals surface area contributed by atoms with E-state index in [0.29, 0.717) is 17.6 Å². The average molecular weight is 674 g/mol. The van der Waals surface area contributed by atoms with Crippen molar-refractivity contribution in [2.75, 3.05) is 4.90 Å². The highest BCUT2D eigenvalue weighted by Gasteiger charge is 2.43. The van der Waals surface area contributed by atoms with Crippen LogP contribution in [0.5, 0.6) is 0 Å². The van der Waals surface area contributed by atoms with Crippen molar-refractivity contribution in [2.45, 2.75) is 0 Å². The van der Waals surface area contributed by atoms with Crippen molar-refractivity contribution in [3.8, 4) is 33.9 Å². The number of fused-ring (bicyclic) bond motifs is 9. The molecule has 2 aliphatic rings. The lowest BCUT2D eigenvalue weighted by atomic mass is 9.45. The van der Waals surface area contributed by atoms with E-state index in [-0.39, 0.29) is 6.85 Å². The first-order chi connectivity index (χ1) is 26.3. The molecule has 0 saturated heterocycles. The van der Waals surface area contributed by atoms with Crippen LogP contribution in [-0.4, -0.2) is 26.3 Å². The summed E-state index contributed by atoms with van der Waals surface area (Å²) in [7, 11) is 0. The summed E-state index contributed by atoms with van der Waals surface area (Å²) in [5, 5.41) is 7.38. The summed E-state index contributed by atoms with van der Waals surface area (Å²) >= 11 is 0. The standard InChI is InChI=1S/C47H28BN5/c1-3-13-29(14-4-1)45-49-46(30-15-5-2-6-16-30)51-47(50-45)52-41-24-12-20-36-38-22-11-21-37-35-19-9-10-23-40(35)53(44(37)38)48(43(36)41)39-27-33-25-31-17-7-8-18-32(31)26-34(33)28-42(39)52/h1-28H. The molecule has 0 unspecified atom stereocenters. The molecule has 0 bridgehead atoms. The fraction of sp³-hybridized carbons (Fsp3) is 0. The maximum absolute atomic E-state index is 5.30. The van der Waals surface area contributed by atoms with Crippen molar-refractivity contribution < 1.29 is 0 Å². The Morgan fingerprint density at radius 2 is 1.04 bits per heavy atom. The monoisotopic (exact) mass is 673 g/mol. The molecule has 53 heavy (non-hydrogen) atoms. The fourth-order valence-corrected chi connectivity index (χ4v) is 8.88. The molecule has 5 nitrogen and oxygen atoms in total. The van der Waals surface area contributed by atoms with Crippen molar-refractivity contribution in [3.63, 3.8) is 0 Å². The number of aromatic nitrogens is 4. The third-order valence-electron chi connectivity index (χ3n) is 11.1. The number of hydrogen-bond acceptors (Lipinski definition) is 4. The number of para-hydroxylation sites is 2. The Morgan fingerprint density at radius 1 is 0.434 bits per heavy atom. The third kappa shape index (κ3) is 4.06. The molecule has 12 rings (SSSR count). The molecular weight excluding hydrogens is 645 g/mol. The number of benzene rings is 8. The van der Waals surface area contributed by atoms with Crippen LogP contribution in [0.4, 0.5) is 17.3 Å². The SMILES string of the molecule is c1ccc(-c2nc(-c3ccccc3)nc(N3c4cc5cc6ccccc6cc5cc4B4c5c(cccc53)-c3cccc5c6ccccc6n4c35)n2)cc1. The van der Waals surface area contributed by atoms with E-state index in [1.165, 1.54) is 65.4 Å². The van der Waals surface area contributed by atoms with Gasteiger partial charge in [-0.05, 0) is 68.4 Å². The molecular formula is C47H28BN5. The first-order valence-corrected chi connectivity index (χ1v) is 18.1. The van der Waals surface area contributed by atoms with Gasteiger partial charge in [0.25, 0.3) is 0 Å². The van der Waals surface area contributed by atoms with Gasteiger partial charge < -0.3 is 4.48 Å². The average Bonchev–Trinajstić information content (AvgIpc) is 3.56. The van der Waals surface area contributed by atoms with Crippen LogP contribution in [-0.2, 0) is 0 Å². The number of nitrogens with zero attached hydrogens (tertiary/aromatic N) is 5. The van der Waals surface area contributed by atoms with E-state index >= 15 is 0 Å². The van der Waals surface area contributed by atoms with Gasteiger partial charge in [-0.25, -0.2) is 4.98 Å². The Balaban J connectivity index is 1.22. The predicted octanol–water partition coefficient (Wildman–Crippen LogP) is 10.0. The van der Waals surface area contributed by atoms with E-state index < -0.39 is 0 Å². The van der Waals surface area contributed by atoms with Gasteiger partial charge in [-0.1, -0.05) is 140 Å². The Hall–Kier alpha value is -7.05. The van der Waals surface area contributed by atoms with E-state index in [0.717, 1.165) is 22.5 Å².